The molecule has 0 radical (unpaired) electrons. The Morgan fingerprint density at radius 3 is 2.90 bits per heavy atom. The zero-order chi connectivity index (χ0) is 14.1. The third kappa shape index (κ3) is 2.40. The van der Waals surface area contributed by atoms with E-state index in [9.17, 15) is 9.18 Å². The number of rotatable bonds is 2. The van der Waals surface area contributed by atoms with Gasteiger partial charge in [0.2, 0.25) is 0 Å². The predicted octanol–water partition coefficient (Wildman–Crippen LogP) is 4.00. The van der Waals surface area contributed by atoms with Gasteiger partial charge < -0.3 is 5.32 Å². The summed E-state index contributed by atoms with van der Waals surface area (Å²) in [6.45, 7) is 1.78. The number of benzene rings is 2. The lowest BCUT2D eigenvalue weighted by molar-refractivity contribution is 0.102. The van der Waals surface area contributed by atoms with E-state index in [0.29, 0.717) is 5.69 Å². The van der Waals surface area contributed by atoms with Crippen LogP contribution in [0.25, 0.3) is 10.2 Å². The van der Waals surface area contributed by atoms with Crippen LogP contribution >= 0.6 is 11.3 Å². The third-order valence-electron chi connectivity index (χ3n) is 2.96. The molecule has 1 heterocycles. The van der Waals surface area contributed by atoms with E-state index in [1.54, 1.807) is 24.6 Å². The van der Waals surface area contributed by atoms with Crippen molar-refractivity contribution in [1.29, 1.82) is 0 Å². The molecular weight excluding hydrogens is 275 g/mol. The van der Waals surface area contributed by atoms with Gasteiger partial charge >= 0.3 is 0 Å². The summed E-state index contributed by atoms with van der Waals surface area (Å²) < 4.78 is 14.7. The first-order chi connectivity index (χ1) is 9.63. The Morgan fingerprint density at radius 2 is 2.10 bits per heavy atom. The average Bonchev–Trinajstić information content (AvgIpc) is 2.85. The van der Waals surface area contributed by atoms with E-state index in [-0.39, 0.29) is 5.56 Å². The summed E-state index contributed by atoms with van der Waals surface area (Å²) in [6.07, 6.45) is 0. The van der Waals surface area contributed by atoms with Crippen molar-refractivity contribution in [2.75, 3.05) is 5.32 Å². The zero-order valence-electron chi connectivity index (χ0n) is 10.7. The van der Waals surface area contributed by atoms with Gasteiger partial charge in [0.05, 0.1) is 21.3 Å². The van der Waals surface area contributed by atoms with E-state index in [1.807, 2.05) is 12.1 Å². The Labute approximate surface area is 119 Å². The number of nitrogens with one attached hydrogen (secondary N) is 1. The molecule has 0 unspecified atom stereocenters. The highest BCUT2D eigenvalue weighted by atomic mass is 32.1. The van der Waals surface area contributed by atoms with E-state index in [4.69, 9.17) is 0 Å². The molecule has 3 nitrogen and oxygen atoms in total. The number of halogens is 1. The number of amides is 1. The van der Waals surface area contributed by atoms with Gasteiger partial charge in [-0.05, 0) is 42.8 Å². The minimum absolute atomic E-state index is 0.0417. The molecule has 0 saturated heterocycles. The molecule has 0 atom stereocenters. The van der Waals surface area contributed by atoms with E-state index in [2.05, 4.69) is 10.3 Å². The second-order valence-electron chi connectivity index (χ2n) is 4.47. The first-order valence-electron chi connectivity index (χ1n) is 6.04. The molecule has 3 aromatic rings. The van der Waals surface area contributed by atoms with E-state index < -0.39 is 11.7 Å². The fourth-order valence-corrected chi connectivity index (χ4v) is 2.65. The Hall–Kier alpha value is -2.27. The topological polar surface area (TPSA) is 42.0 Å². The quantitative estimate of drug-likeness (QED) is 0.773. The molecule has 0 aliphatic carbocycles. The van der Waals surface area contributed by atoms with Crippen LogP contribution in [-0.4, -0.2) is 10.9 Å². The number of aryl methyl sites for hydroxylation is 1. The third-order valence-corrected chi connectivity index (χ3v) is 3.75. The predicted molar refractivity (Wildman–Crippen MR) is 78.7 cm³/mol. The molecule has 0 fully saturated rings. The summed E-state index contributed by atoms with van der Waals surface area (Å²) in [5, 5.41) is 2.70. The van der Waals surface area contributed by atoms with Crippen molar-refractivity contribution < 1.29 is 9.18 Å². The summed E-state index contributed by atoms with van der Waals surface area (Å²) >= 11 is 1.49. The highest BCUT2D eigenvalue weighted by Gasteiger charge is 2.12. The van der Waals surface area contributed by atoms with Gasteiger partial charge in [-0.25, -0.2) is 9.37 Å². The van der Waals surface area contributed by atoms with Crippen LogP contribution in [0.3, 0.4) is 0 Å². The summed E-state index contributed by atoms with van der Waals surface area (Å²) in [4.78, 5) is 16.2. The molecule has 5 heteroatoms. The van der Waals surface area contributed by atoms with E-state index in [0.717, 1.165) is 15.8 Å². The summed E-state index contributed by atoms with van der Waals surface area (Å²) in [7, 11) is 0. The van der Waals surface area contributed by atoms with Gasteiger partial charge in [0.25, 0.3) is 5.91 Å². The van der Waals surface area contributed by atoms with Crippen LogP contribution in [0, 0.1) is 12.7 Å². The molecule has 0 saturated carbocycles. The van der Waals surface area contributed by atoms with Crippen LogP contribution in [0.15, 0.2) is 41.9 Å². The van der Waals surface area contributed by atoms with Crippen molar-refractivity contribution >= 4 is 33.1 Å². The number of thiazole rings is 1. The van der Waals surface area contributed by atoms with Crippen molar-refractivity contribution in [1.82, 2.24) is 4.98 Å². The van der Waals surface area contributed by atoms with E-state index in [1.165, 1.54) is 23.5 Å². The van der Waals surface area contributed by atoms with Gasteiger partial charge in [0.15, 0.2) is 0 Å². The van der Waals surface area contributed by atoms with Crippen LogP contribution < -0.4 is 5.32 Å². The molecule has 1 aromatic heterocycles. The van der Waals surface area contributed by atoms with Crippen LogP contribution in [-0.2, 0) is 0 Å². The van der Waals surface area contributed by atoms with Crippen LogP contribution in [0.5, 0.6) is 0 Å². The molecule has 20 heavy (non-hydrogen) atoms. The number of hydrogen-bond donors (Lipinski definition) is 1. The summed E-state index contributed by atoms with van der Waals surface area (Å²) in [6, 6.07) is 9.97. The van der Waals surface area contributed by atoms with Gasteiger partial charge in [0.1, 0.15) is 5.82 Å². The van der Waals surface area contributed by atoms with Crippen molar-refractivity contribution in [3.8, 4) is 0 Å². The standard InChI is InChI=1S/C15H11FN2OS/c1-9-2-4-11(12(16)6-9)15(19)18-10-3-5-13-14(7-10)20-8-17-13/h2-8H,1H3,(H,18,19). The van der Waals surface area contributed by atoms with Crippen LogP contribution in [0.4, 0.5) is 10.1 Å². The first kappa shape index (κ1) is 12.7. The molecule has 1 amide bonds. The monoisotopic (exact) mass is 286 g/mol. The average molecular weight is 286 g/mol. The second kappa shape index (κ2) is 5.02. The number of hydrogen-bond acceptors (Lipinski definition) is 3. The fourth-order valence-electron chi connectivity index (χ4n) is 1.94. The van der Waals surface area contributed by atoms with Crippen molar-refractivity contribution in [2.24, 2.45) is 0 Å². The molecule has 0 aliphatic rings. The zero-order valence-corrected chi connectivity index (χ0v) is 11.5. The van der Waals surface area contributed by atoms with Gasteiger partial charge in [-0.2, -0.15) is 0 Å². The van der Waals surface area contributed by atoms with Gasteiger partial charge in [0, 0.05) is 5.69 Å². The number of nitrogens with zero attached hydrogens (tertiary/aromatic N) is 1. The molecule has 3 rings (SSSR count). The maximum absolute atomic E-state index is 13.7. The lowest BCUT2D eigenvalue weighted by Gasteiger charge is -2.06. The maximum Gasteiger partial charge on any atom is 0.258 e. The summed E-state index contributed by atoms with van der Waals surface area (Å²) in [5.41, 5.74) is 4.09. The largest absolute Gasteiger partial charge is 0.322 e. The Morgan fingerprint density at radius 1 is 1.25 bits per heavy atom. The molecule has 100 valence electrons. The Bertz CT molecular complexity index is 797. The summed E-state index contributed by atoms with van der Waals surface area (Å²) in [5.74, 6) is -0.965. The molecule has 0 spiro atoms. The molecule has 0 bridgehead atoms. The highest BCUT2D eigenvalue weighted by Crippen LogP contribution is 2.22. The second-order valence-corrected chi connectivity index (χ2v) is 5.36. The molecule has 1 N–H and O–H groups in total. The smallest absolute Gasteiger partial charge is 0.258 e. The molecule has 2 aromatic carbocycles. The van der Waals surface area contributed by atoms with Crippen molar-refractivity contribution in [2.45, 2.75) is 6.92 Å². The van der Waals surface area contributed by atoms with E-state index >= 15 is 0 Å². The normalized spacial score (nSPS) is 10.7. The number of anilines is 1. The van der Waals surface area contributed by atoms with Gasteiger partial charge in [-0.1, -0.05) is 6.07 Å². The molecule has 0 aliphatic heterocycles. The van der Waals surface area contributed by atoms with Gasteiger partial charge in [-0.15, -0.1) is 11.3 Å². The highest BCUT2D eigenvalue weighted by molar-refractivity contribution is 7.16. The maximum atomic E-state index is 13.7. The van der Waals surface area contributed by atoms with Crippen molar-refractivity contribution in [3.63, 3.8) is 0 Å². The minimum atomic E-state index is -0.513. The minimum Gasteiger partial charge on any atom is -0.322 e. The lowest BCUT2D eigenvalue weighted by Crippen LogP contribution is -2.13. The number of carbonyl (C=O) groups is 1. The lowest BCUT2D eigenvalue weighted by atomic mass is 10.1. The first-order valence-corrected chi connectivity index (χ1v) is 6.92. The number of carbonyl (C=O) groups excluding carboxylic acids is 1. The van der Waals surface area contributed by atoms with Gasteiger partial charge in [-0.3, -0.25) is 4.79 Å². The Kier molecular flexibility index (Phi) is 3.20. The van der Waals surface area contributed by atoms with Crippen molar-refractivity contribution in [3.05, 3.63) is 58.9 Å². The van der Waals surface area contributed by atoms with Crippen LogP contribution in [0.2, 0.25) is 0 Å². The SMILES string of the molecule is Cc1ccc(C(=O)Nc2ccc3ncsc3c2)c(F)c1. The molecular formula is C15H11FN2OS. The Balaban J connectivity index is 1.87. The van der Waals surface area contributed by atoms with Crippen LogP contribution in [0.1, 0.15) is 15.9 Å². The number of aromatic nitrogens is 1. The fraction of sp³-hybridized carbons (Fsp3) is 0.0667. The number of fused-ring (bicyclic) bond motifs is 1.